The first-order chi connectivity index (χ1) is 14.6. The number of hydrogen-bond acceptors (Lipinski definition) is 5. The number of anilines is 1. The maximum absolute atomic E-state index is 13.2. The van der Waals surface area contributed by atoms with Gasteiger partial charge in [0.1, 0.15) is 0 Å². The van der Waals surface area contributed by atoms with E-state index in [9.17, 15) is 13.2 Å². The van der Waals surface area contributed by atoms with Crippen LogP contribution in [0.15, 0.2) is 53.4 Å². The second-order valence-corrected chi connectivity index (χ2v) is 9.41. The minimum absolute atomic E-state index is 0.198. The van der Waals surface area contributed by atoms with Crippen molar-refractivity contribution in [3.8, 4) is 0 Å². The zero-order valence-corrected chi connectivity index (χ0v) is 17.7. The van der Waals surface area contributed by atoms with Gasteiger partial charge in [0.05, 0.1) is 23.8 Å². The first kappa shape index (κ1) is 20.8. The Kier molecular flexibility index (Phi) is 6.36. The maximum Gasteiger partial charge on any atom is 0.264 e. The number of para-hydroxylation sites is 1. The van der Waals surface area contributed by atoms with Gasteiger partial charge in [-0.3, -0.25) is 14.0 Å². The van der Waals surface area contributed by atoms with E-state index in [2.05, 4.69) is 10.2 Å². The molecule has 0 unspecified atom stereocenters. The molecule has 0 aromatic heterocycles. The lowest BCUT2D eigenvalue weighted by molar-refractivity contribution is 0.0383. The molecular weight excluding hydrogens is 402 g/mol. The van der Waals surface area contributed by atoms with E-state index in [-0.39, 0.29) is 10.8 Å². The van der Waals surface area contributed by atoms with Crippen molar-refractivity contribution in [1.82, 2.24) is 10.2 Å². The number of ether oxygens (including phenoxy) is 1. The molecule has 160 valence electrons. The standard InChI is InChI=1S/C22H27N3O4S/c26-22(23-11-13-24-14-16-29-17-15-24)19-7-9-20(10-8-19)30(27,28)25-12-3-5-18-4-1-2-6-21(18)25/h1-2,4,6-10H,3,5,11-17H2,(H,23,26). The fourth-order valence-corrected chi connectivity index (χ4v) is 5.45. The number of hydrogen-bond donors (Lipinski definition) is 1. The zero-order valence-electron chi connectivity index (χ0n) is 16.9. The molecule has 0 bridgehead atoms. The summed E-state index contributed by atoms with van der Waals surface area (Å²) in [6.45, 7) is 4.99. The van der Waals surface area contributed by atoms with Gasteiger partial charge in [0.15, 0.2) is 0 Å². The maximum atomic E-state index is 13.2. The highest BCUT2D eigenvalue weighted by Crippen LogP contribution is 2.31. The highest BCUT2D eigenvalue weighted by molar-refractivity contribution is 7.92. The summed E-state index contributed by atoms with van der Waals surface area (Å²) in [5.74, 6) is -0.199. The predicted octanol–water partition coefficient (Wildman–Crippen LogP) is 1.89. The van der Waals surface area contributed by atoms with Gasteiger partial charge in [-0.15, -0.1) is 0 Å². The van der Waals surface area contributed by atoms with Gasteiger partial charge in [-0.05, 0) is 48.7 Å². The van der Waals surface area contributed by atoms with Crippen molar-refractivity contribution in [2.45, 2.75) is 17.7 Å². The van der Waals surface area contributed by atoms with Crippen molar-refractivity contribution < 1.29 is 17.9 Å². The average Bonchev–Trinajstić information content (AvgIpc) is 2.79. The number of aryl methyl sites for hydroxylation is 1. The van der Waals surface area contributed by atoms with Crippen molar-refractivity contribution in [3.63, 3.8) is 0 Å². The Morgan fingerprint density at radius 1 is 1.00 bits per heavy atom. The molecule has 2 aliphatic heterocycles. The van der Waals surface area contributed by atoms with Gasteiger partial charge in [0.2, 0.25) is 0 Å². The van der Waals surface area contributed by atoms with E-state index in [1.165, 1.54) is 16.4 Å². The molecule has 7 nitrogen and oxygen atoms in total. The lowest BCUT2D eigenvalue weighted by Gasteiger charge is -2.30. The topological polar surface area (TPSA) is 79.0 Å². The number of amides is 1. The summed E-state index contributed by atoms with van der Waals surface area (Å²) in [5.41, 5.74) is 2.24. The lowest BCUT2D eigenvalue weighted by atomic mass is 10.0. The van der Waals surface area contributed by atoms with Gasteiger partial charge in [-0.25, -0.2) is 8.42 Å². The van der Waals surface area contributed by atoms with Crippen LogP contribution in [0.1, 0.15) is 22.3 Å². The molecule has 2 heterocycles. The van der Waals surface area contributed by atoms with Crippen molar-refractivity contribution in [2.24, 2.45) is 0 Å². The Hall–Kier alpha value is -2.42. The predicted molar refractivity (Wildman–Crippen MR) is 115 cm³/mol. The number of nitrogens with zero attached hydrogens (tertiary/aromatic N) is 2. The second kappa shape index (κ2) is 9.16. The van der Waals surface area contributed by atoms with E-state index in [1.54, 1.807) is 12.1 Å². The summed E-state index contributed by atoms with van der Waals surface area (Å²) >= 11 is 0. The average molecular weight is 430 g/mol. The Labute approximate surface area is 177 Å². The third-order valence-corrected chi connectivity index (χ3v) is 7.42. The lowest BCUT2D eigenvalue weighted by Crippen LogP contribution is -2.41. The van der Waals surface area contributed by atoms with Gasteiger partial charge in [0.25, 0.3) is 15.9 Å². The summed E-state index contributed by atoms with van der Waals surface area (Å²) in [4.78, 5) is 14.8. The van der Waals surface area contributed by atoms with Gasteiger partial charge in [0, 0.05) is 38.3 Å². The monoisotopic (exact) mass is 429 g/mol. The molecule has 2 aromatic carbocycles. The Morgan fingerprint density at radius 3 is 2.50 bits per heavy atom. The summed E-state index contributed by atoms with van der Waals surface area (Å²) in [5, 5.41) is 2.90. The van der Waals surface area contributed by atoms with Crippen LogP contribution in [-0.2, 0) is 21.2 Å². The van der Waals surface area contributed by atoms with Crippen LogP contribution in [0.4, 0.5) is 5.69 Å². The van der Waals surface area contributed by atoms with E-state index in [0.717, 1.165) is 56.9 Å². The van der Waals surface area contributed by atoms with Crippen molar-refractivity contribution in [1.29, 1.82) is 0 Å². The molecule has 1 N–H and O–H groups in total. The van der Waals surface area contributed by atoms with Crippen LogP contribution < -0.4 is 9.62 Å². The number of benzene rings is 2. The number of fused-ring (bicyclic) bond motifs is 1. The molecule has 0 atom stereocenters. The smallest absolute Gasteiger partial charge is 0.264 e. The molecule has 4 rings (SSSR count). The number of rotatable bonds is 6. The van der Waals surface area contributed by atoms with Crippen LogP contribution in [0.25, 0.3) is 0 Å². The molecule has 0 radical (unpaired) electrons. The minimum Gasteiger partial charge on any atom is -0.379 e. The van der Waals surface area contributed by atoms with Crippen LogP contribution in [0.5, 0.6) is 0 Å². The first-order valence-electron chi connectivity index (χ1n) is 10.3. The van der Waals surface area contributed by atoms with Crippen molar-refractivity contribution in [3.05, 3.63) is 59.7 Å². The van der Waals surface area contributed by atoms with Crippen LogP contribution in [0, 0.1) is 0 Å². The normalized spacial score (nSPS) is 17.4. The molecular formula is C22H27N3O4S. The fourth-order valence-electron chi connectivity index (χ4n) is 3.91. The highest BCUT2D eigenvalue weighted by Gasteiger charge is 2.28. The summed E-state index contributed by atoms with van der Waals surface area (Å²) in [6, 6.07) is 13.8. The molecule has 1 fully saturated rings. The van der Waals surface area contributed by atoms with Crippen molar-refractivity contribution in [2.75, 3.05) is 50.2 Å². The van der Waals surface area contributed by atoms with Crippen LogP contribution in [0.2, 0.25) is 0 Å². The van der Waals surface area contributed by atoms with E-state index >= 15 is 0 Å². The Morgan fingerprint density at radius 2 is 1.73 bits per heavy atom. The second-order valence-electron chi connectivity index (χ2n) is 7.54. The number of carbonyl (C=O) groups excluding carboxylic acids is 1. The third-order valence-electron chi connectivity index (χ3n) is 5.59. The molecule has 2 aromatic rings. The van der Waals surface area contributed by atoms with E-state index < -0.39 is 10.0 Å². The number of sulfonamides is 1. The summed E-state index contributed by atoms with van der Waals surface area (Å²) in [7, 11) is -3.67. The van der Waals surface area contributed by atoms with Crippen molar-refractivity contribution >= 4 is 21.6 Å². The van der Waals surface area contributed by atoms with Gasteiger partial charge < -0.3 is 10.1 Å². The fraction of sp³-hybridized carbons (Fsp3) is 0.409. The highest BCUT2D eigenvalue weighted by atomic mass is 32.2. The van der Waals surface area contributed by atoms with Crippen LogP contribution in [-0.4, -0.2) is 65.2 Å². The van der Waals surface area contributed by atoms with E-state index in [4.69, 9.17) is 4.74 Å². The molecule has 0 spiro atoms. The Bertz CT molecular complexity index is 986. The first-order valence-corrected chi connectivity index (χ1v) is 11.8. The number of morpholine rings is 1. The van der Waals surface area contributed by atoms with Gasteiger partial charge in [-0.1, -0.05) is 18.2 Å². The minimum atomic E-state index is -3.67. The SMILES string of the molecule is O=C(NCCN1CCOCC1)c1ccc(S(=O)(=O)N2CCCc3ccccc32)cc1. The molecule has 0 aliphatic carbocycles. The largest absolute Gasteiger partial charge is 0.379 e. The van der Waals surface area contributed by atoms with Gasteiger partial charge in [-0.2, -0.15) is 0 Å². The van der Waals surface area contributed by atoms with Crippen LogP contribution >= 0.6 is 0 Å². The molecule has 1 saturated heterocycles. The van der Waals surface area contributed by atoms with E-state index in [0.29, 0.717) is 18.7 Å². The molecule has 0 saturated carbocycles. The number of nitrogens with one attached hydrogen (secondary N) is 1. The quantitative estimate of drug-likeness (QED) is 0.759. The number of carbonyl (C=O) groups is 1. The molecule has 30 heavy (non-hydrogen) atoms. The zero-order chi connectivity index (χ0) is 21.0. The molecule has 1 amide bonds. The summed E-state index contributed by atoms with van der Waals surface area (Å²) in [6.07, 6.45) is 1.67. The van der Waals surface area contributed by atoms with Gasteiger partial charge >= 0.3 is 0 Å². The third kappa shape index (κ3) is 4.50. The molecule has 2 aliphatic rings. The summed E-state index contributed by atoms with van der Waals surface area (Å²) < 4.78 is 33.2. The Balaban J connectivity index is 1.41. The molecule has 8 heteroatoms. The van der Waals surface area contributed by atoms with E-state index in [1.807, 2.05) is 24.3 Å². The van der Waals surface area contributed by atoms with Crippen LogP contribution in [0.3, 0.4) is 0 Å².